The maximum Gasteiger partial charge on any atom is 0.231 e. The fraction of sp³-hybridized carbons (Fsp3) is 0.500. The van der Waals surface area contributed by atoms with Gasteiger partial charge in [-0.25, -0.2) is 0 Å². The third kappa shape index (κ3) is 2.80. The number of fused-ring (bicyclic) bond motifs is 1. The van der Waals surface area contributed by atoms with Gasteiger partial charge in [-0.1, -0.05) is 18.2 Å². The molecule has 0 fully saturated rings. The van der Waals surface area contributed by atoms with E-state index in [-0.39, 0.29) is 11.8 Å². The van der Waals surface area contributed by atoms with Crippen LogP contribution in [0.5, 0.6) is 0 Å². The number of hydrogen-bond donors (Lipinski definition) is 1. The Bertz CT molecular complexity index is 422. The molecule has 0 saturated heterocycles. The van der Waals surface area contributed by atoms with Gasteiger partial charge in [0.05, 0.1) is 5.92 Å². The number of nitrogens with zero attached hydrogens (tertiary/aromatic N) is 1. The Hall–Kier alpha value is -1.16. The zero-order chi connectivity index (χ0) is 13.0. The van der Waals surface area contributed by atoms with Gasteiger partial charge in [0.15, 0.2) is 0 Å². The Kier molecular flexibility index (Phi) is 4.53. The number of carbonyl (C=O) groups is 1. The van der Waals surface area contributed by atoms with E-state index in [1.165, 1.54) is 0 Å². The quantitative estimate of drug-likeness (QED) is 0.829. The van der Waals surface area contributed by atoms with Gasteiger partial charge < -0.3 is 10.2 Å². The molecule has 1 atom stereocenters. The summed E-state index contributed by atoms with van der Waals surface area (Å²) in [6.45, 7) is 1.57. The topological polar surface area (TPSA) is 32.3 Å². The molecule has 1 unspecified atom stereocenters. The van der Waals surface area contributed by atoms with E-state index >= 15 is 0 Å². The van der Waals surface area contributed by atoms with Crippen molar-refractivity contribution < 1.29 is 4.79 Å². The lowest BCUT2D eigenvalue weighted by Gasteiger charge is -2.21. The molecule has 0 aliphatic carbocycles. The van der Waals surface area contributed by atoms with Crippen molar-refractivity contribution in [3.05, 3.63) is 29.8 Å². The van der Waals surface area contributed by atoms with Gasteiger partial charge in [0.25, 0.3) is 0 Å². The molecule has 1 aliphatic heterocycles. The summed E-state index contributed by atoms with van der Waals surface area (Å²) >= 11 is 1.83. The van der Waals surface area contributed by atoms with Crippen LogP contribution >= 0.6 is 11.8 Å². The van der Waals surface area contributed by atoms with Crippen LogP contribution in [-0.4, -0.2) is 43.0 Å². The van der Waals surface area contributed by atoms with Gasteiger partial charge in [-0.3, -0.25) is 4.79 Å². The summed E-state index contributed by atoms with van der Waals surface area (Å²) in [6.07, 6.45) is 3.16. The van der Waals surface area contributed by atoms with Crippen LogP contribution in [0.15, 0.2) is 24.3 Å². The van der Waals surface area contributed by atoms with E-state index in [0.717, 1.165) is 36.5 Å². The number of carbonyl (C=O) groups excluding carboxylic acids is 1. The van der Waals surface area contributed by atoms with Crippen molar-refractivity contribution in [3.8, 4) is 0 Å². The molecule has 1 aromatic rings. The van der Waals surface area contributed by atoms with E-state index in [1.807, 2.05) is 48.0 Å². The summed E-state index contributed by atoms with van der Waals surface area (Å²) in [6, 6.07) is 8.09. The molecule has 2 rings (SSSR count). The lowest BCUT2D eigenvalue weighted by atomic mass is 10.00. The van der Waals surface area contributed by atoms with Crippen LogP contribution in [0.3, 0.4) is 0 Å². The van der Waals surface area contributed by atoms with Crippen molar-refractivity contribution in [2.24, 2.45) is 0 Å². The second kappa shape index (κ2) is 6.14. The Labute approximate surface area is 113 Å². The van der Waals surface area contributed by atoms with Crippen molar-refractivity contribution in [3.63, 3.8) is 0 Å². The highest BCUT2D eigenvalue weighted by atomic mass is 32.2. The fourth-order valence-electron chi connectivity index (χ4n) is 2.33. The zero-order valence-corrected chi connectivity index (χ0v) is 11.8. The average Bonchev–Trinajstić information content (AvgIpc) is 2.82. The van der Waals surface area contributed by atoms with Gasteiger partial charge in [-0.2, -0.15) is 11.8 Å². The van der Waals surface area contributed by atoms with E-state index < -0.39 is 0 Å². The number of likely N-dealkylation sites (N-methyl/N-ethyl adjacent to an activating group) is 1. The Morgan fingerprint density at radius 2 is 2.28 bits per heavy atom. The van der Waals surface area contributed by atoms with Crippen LogP contribution in [0.25, 0.3) is 0 Å². The fourth-order valence-corrected chi connectivity index (χ4v) is 2.74. The van der Waals surface area contributed by atoms with Crippen LogP contribution < -0.4 is 5.32 Å². The summed E-state index contributed by atoms with van der Waals surface area (Å²) in [4.78, 5) is 14.2. The van der Waals surface area contributed by atoms with Crippen LogP contribution in [-0.2, 0) is 4.79 Å². The number of rotatable bonds is 5. The third-order valence-electron chi connectivity index (χ3n) is 3.35. The molecule has 1 heterocycles. The summed E-state index contributed by atoms with van der Waals surface area (Å²) in [5, 5.41) is 3.30. The number of anilines is 1. The highest BCUT2D eigenvalue weighted by molar-refractivity contribution is 7.98. The van der Waals surface area contributed by atoms with Crippen molar-refractivity contribution in [2.45, 2.75) is 12.3 Å². The van der Waals surface area contributed by atoms with Gasteiger partial charge in [0, 0.05) is 25.8 Å². The molecule has 4 heteroatoms. The van der Waals surface area contributed by atoms with E-state index in [1.54, 1.807) is 0 Å². The van der Waals surface area contributed by atoms with Gasteiger partial charge in [-0.15, -0.1) is 0 Å². The second-order valence-corrected chi connectivity index (χ2v) is 5.61. The summed E-state index contributed by atoms with van der Waals surface area (Å²) in [5.74, 6) is 1.32. The maximum atomic E-state index is 12.4. The van der Waals surface area contributed by atoms with E-state index in [9.17, 15) is 4.79 Å². The first-order valence-electron chi connectivity index (χ1n) is 6.30. The minimum atomic E-state index is -0.0134. The van der Waals surface area contributed by atoms with Gasteiger partial charge in [0.2, 0.25) is 5.91 Å². The molecule has 98 valence electrons. The Morgan fingerprint density at radius 1 is 1.50 bits per heavy atom. The molecule has 1 aromatic carbocycles. The number of thioether (sulfide) groups is 1. The molecule has 1 N–H and O–H groups in total. The van der Waals surface area contributed by atoms with Crippen molar-refractivity contribution in [1.29, 1.82) is 0 Å². The molecular weight excluding hydrogens is 244 g/mol. The number of amides is 1. The first-order chi connectivity index (χ1) is 8.74. The molecule has 1 aliphatic rings. The number of nitrogens with one attached hydrogen (secondary N) is 1. The average molecular weight is 264 g/mol. The SMILES string of the molecule is CSCCCN(C)C(=O)C1CNc2ccccc21. The van der Waals surface area contributed by atoms with Crippen LogP contribution in [0.2, 0.25) is 0 Å². The second-order valence-electron chi connectivity index (χ2n) is 4.63. The van der Waals surface area contributed by atoms with Gasteiger partial charge in [0.1, 0.15) is 0 Å². The van der Waals surface area contributed by atoms with Crippen LogP contribution in [0.4, 0.5) is 5.69 Å². The maximum absolute atomic E-state index is 12.4. The number of benzene rings is 1. The lowest BCUT2D eigenvalue weighted by Crippen LogP contribution is -2.33. The predicted octanol–water partition coefficient (Wildman–Crippen LogP) is 2.41. The third-order valence-corrected chi connectivity index (χ3v) is 4.05. The smallest absolute Gasteiger partial charge is 0.231 e. The zero-order valence-electron chi connectivity index (χ0n) is 11.0. The largest absolute Gasteiger partial charge is 0.384 e. The Balaban J connectivity index is 1.98. The molecule has 0 radical (unpaired) electrons. The normalized spacial score (nSPS) is 17.1. The van der Waals surface area contributed by atoms with Crippen molar-refractivity contribution >= 4 is 23.4 Å². The van der Waals surface area contributed by atoms with E-state index in [4.69, 9.17) is 0 Å². The minimum Gasteiger partial charge on any atom is -0.384 e. The molecule has 1 amide bonds. The first kappa shape index (κ1) is 13.3. The van der Waals surface area contributed by atoms with E-state index in [2.05, 4.69) is 11.6 Å². The summed E-state index contributed by atoms with van der Waals surface area (Å²) < 4.78 is 0. The highest BCUT2D eigenvalue weighted by Gasteiger charge is 2.29. The van der Waals surface area contributed by atoms with Gasteiger partial charge in [-0.05, 0) is 30.1 Å². The summed E-state index contributed by atoms with van der Waals surface area (Å²) in [5.41, 5.74) is 2.24. The molecule has 0 bridgehead atoms. The molecule has 3 nitrogen and oxygen atoms in total. The van der Waals surface area contributed by atoms with Crippen molar-refractivity contribution in [2.75, 3.05) is 37.5 Å². The summed E-state index contributed by atoms with van der Waals surface area (Å²) in [7, 11) is 1.91. The Morgan fingerprint density at radius 3 is 3.06 bits per heavy atom. The van der Waals surface area contributed by atoms with Gasteiger partial charge >= 0.3 is 0 Å². The molecule has 0 aromatic heterocycles. The number of para-hydroxylation sites is 1. The molecule has 0 spiro atoms. The standard InChI is InChI=1S/C14H20N2OS/c1-16(8-5-9-18-2)14(17)12-10-15-13-7-4-3-6-11(12)13/h3-4,6-7,12,15H,5,8-10H2,1-2H3. The molecule has 18 heavy (non-hydrogen) atoms. The predicted molar refractivity (Wildman–Crippen MR) is 78.3 cm³/mol. The molecular formula is C14H20N2OS. The molecule has 0 saturated carbocycles. The highest BCUT2D eigenvalue weighted by Crippen LogP contribution is 2.32. The van der Waals surface area contributed by atoms with E-state index in [0.29, 0.717) is 0 Å². The number of hydrogen-bond acceptors (Lipinski definition) is 3. The monoisotopic (exact) mass is 264 g/mol. The minimum absolute atomic E-state index is 0.0134. The first-order valence-corrected chi connectivity index (χ1v) is 7.70. The lowest BCUT2D eigenvalue weighted by molar-refractivity contribution is -0.131. The van der Waals surface area contributed by atoms with Crippen molar-refractivity contribution in [1.82, 2.24) is 4.90 Å². The van der Waals surface area contributed by atoms with Crippen LogP contribution in [0.1, 0.15) is 17.9 Å². The van der Waals surface area contributed by atoms with Crippen LogP contribution in [0, 0.1) is 0 Å².